The molecule has 0 unspecified atom stereocenters. The minimum atomic E-state index is -2.67. The first-order chi connectivity index (χ1) is 3.42. The number of nitrogens with zero attached hydrogens (tertiary/aromatic N) is 1. The van der Waals surface area contributed by atoms with Crippen LogP contribution >= 0.6 is 68.1 Å². The molecule has 0 heterocycles. The van der Waals surface area contributed by atoms with Gasteiger partial charge >= 0.3 is 0 Å². The smallest absolute Gasteiger partial charge is 0.203 e. The van der Waals surface area contributed by atoms with E-state index in [4.69, 9.17) is 56.2 Å². The van der Waals surface area contributed by atoms with Gasteiger partial charge in [0.05, 0.1) is 0 Å². The molecule has 8 heavy (non-hydrogen) atoms. The molecule has 0 bridgehead atoms. The number of hydrogen-bond acceptors (Lipinski definition) is 1. The Bertz CT molecular complexity index is 103. The highest BCUT2D eigenvalue weighted by Gasteiger charge is 2.07. The van der Waals surface area contributed by atoms with E-state index in [0.29, 0.717) is 0 Å². The van der Waals surface area contributed by atoms with Crippen molar-refractivity contribution in [2.45, 2.75) is 0 Å². The Kier molecular flexibility index (Phi) is 5.16. The van der Waals surface area contributed by atoms with E-state index in [9.17, 15) is 0 Å². The highest BCUT2D eigenvalue weighted by molar-refractivity contribution is 8.28. The molecule has 1 nitrogen and oxygen atoms in total. The van der Waals surface area contributed by atoms with Crippen LogP contribution in [0.5, 0.6) is 0 Å². The summed E-state index contributed by atoms with van der Waals surface area (Å²) in [5.41, 5.74) is 0. The maximum Gasteiger partial charge on any atom is 0.229 e. The van der Waals surface area contributed by atoms with Crippen LogP contribution in [-0.4, -0.2) is 0 Å². The van der Waals surface area contributed by atoms with Crippen molar-refractivity contribution in [3.8, 4) is 0 Å². The van der Waals surface area contributed by atoms with Gasteiger partial charge in [0.15, 0.2) is 0 Å². The van der Waals surface area contributed by atoms with Gasteiger partial charge in [-0.15, -0.1) is 0 Å². The highest BCUT2D eigenvalue weighted by atomic mass is 36.0. The minimum Gasteiger partial charge on any atom is -0.203 e. The standard InChI is InChI=1S/Cl5NP2/c1-7(2)6-8(3,4)5. The summed E-state index contributed by atoms with van der Waals surface area (Å²) in [5.74, 6) is 0. The molecule has 0 fully saturated rings. The van der Waals surface area contributed by atoms with Gasteiger partial charge in [-0.1, -0.05) is 22.5 Å². The molecule has 0 amide bonds. The molecule has 0 radical (unpaired) electrons. The van der Waals surface area contributed by atoms with Gasteiger partial charge in [-0.25, -0.2) is 4.52 Å². The van der Waals surface area contributed by atoms with Crippen LogP contribution in [0.1, 0.15) is 0 Å². The average Bonchev–Trinajstić information content (AvgIpc) is 1.21. The molecule has 0 atom stereocenters. The predicted molar refractivity (Wildman–Crippen MR) is 45.5 cm³/mol. The van der Waals surface area contributed by atoms with E-state index in [-0.39, 0.29) is 0 Å². The summed E-state index contributed by atoms with van der Waals surface area (Å²) in [4.78, 5) is 0. The van der Waals surface area contributed by atoms with Crippen LogP contribution < -0.4 is 0 Å². The third-order valence-corrected chi connectivity index (χ3v) is 4.56. The van der Waals surface area contributed by atoms with Gasteiger partial charge in [0, 0.05) is 0 Å². The Morgan fingerprint density at radius 2 is 1.50 bits per heavy atom. The molecule has 0 aromatic carbocycles. The normalized spacial score (nSPS) is 12.2. The van der Waals surface area contributed by atoms with Gasteiger partial charge in [0.2, 0.25) is 11.9 Å². The lowest BCUT2D eigenvalue weighted by molar-refractivity contribution is 2.07. The fourth-order valence-electron chi connectivity index (χ4n) is 0.0767. The van der Waals surface area contributed by atoms with E-state index < -0.39 is 11.9 Å². The van der Waals surface area contributed by atoms with Crippen molar-refractivity contribution >= 4 is 68.1 Å². The van der Waals surface area contributed by atoms with Crippen LogP contribution in [0.25, 0.3) is 0 Å². The lowest BCUT2D eigenvalue weighted by Crippen LogP contribution is -1.34. The molecular formula is Cl5NP2. The van der Waals surface area contributed by atoms with Crippen molar-refractivity contribution in [2.24, 2.45) is 4.52 Å². The fraction of sp³-hybridized carbons (Fsp3) is 0. The predicted octanol–water partition coefficient (Wildman–Crippen LogP) is 5.35. The molecule has 0 N–H and O–H groups in total. The average molecular weight is 253 g/mol. The molecule has 8 heteroatoms. The van der Waals surface area contributed by atoms with Gasteiger partial charge in [0.25, 0.3) is 0 Å². The zero-order chi connectivity index (χ0) is 6.78. The Labute approximate surface area is 72.4 Å². The van der Waals surface area contributed by atoms with Crippen LogP contribution in [0.15, 0.2) is 4.52 Å². The molecule has 50 valence electrons. The first-order valence-electron chi connectivity index (χ1n) is 1.25. The van der Waals surface area contributed by atoms with Gasteiger partial charge in [0.1, 0.15) is 0 Å². The Balaban J connectivity index is 3.95. The molecule has 0 saturated heterocycles. The van der Waals surface area contributed by atoms with E-state index in [1.165, 1.54) is 0 Å². The quantitative estimate of drug-likeness (QED) is 0.558. The third kappa shape index (κ3) is 8.11. The van der Waals surface area contributed by atoms with E-state index in [1.807, 2.05) is 0 Å². The number of halogens is 5. The second-order valence-corrected chi connectivity index (χ2v) is 11.1. The second kappa shape index (κ2) is 4.09. The maximum atomic E-state index is 5.25. The summed E-state index contributed by atoms with van der Waals surface area (Å²) < 4.78 is 3.41. The van der Waals surface area contributed by atoms with Crippen LogP contribution in [0, 0.1) is 0 Å². The zero-order valence-electron chi connectivity index (χ0n) is 3.23. The van der Waals surface area contributed by atoms with Crippen LogP contribution in [0.4, 0.5) is 0 Å². The number of rotatable bonds is 1. The van der Waals surface area contributed by atoms with Gasteiger partial charge < -0.3 is 0 Å². The van der Waals surface area contributed by atoms with Gasteiger partial charge in [-0.3, -0.25) is 0 Å². The van der Waals surface area contributed by atoms with E-state index in [1.54, 1.807) is 0 Å². The summed E-state index contributed by atoms with van der Waals surface area (Å²) in [7, 11) is 0. The molecule has 0 aliphatic carbocycles. The topological polar surface area (TPSA) is 12.4 Å². The summed E-state index contributed by atoms with van der Waals surface area (Å²) in [6.07, 6.45) is 0. The summed E-state index contributed by atoms with van der Waals surface area (Å²) in [6, 6.07) is 0. The molecular weight excluding hydrogens is 253 g/mol. The minimum absolute atomic E-state index is 1.47. The molecule has 0 rings (SSSR count). The van der Waals surface area contributed by atoms with Crippen molar-refractivity contribution in [3.05, 3.63) is 0 Å². The van der Waals surface area contributed by atoms with Crippen LogP contribution in [-0.2, 0) is 0 Å². The van der Waals surface area contributed by atoms with E-state index >= 15 is 0 Å². The van der Waals surface area contributed by atoms with E-state index in [0.717, 1.165) is 0 Å². The summed E-state index contributed by atoms with van der Waals surface area (Å²) >= 11 is 26.2. The lowest BCUT2D eigenvalue weighted by Gasteiger charge is -1.94. The SMILES string of the molecule is ClP(Cl)N=P(Cl)(Cl)Cl. The van der Waals surface area contributed by atoms with Crippen molar-refractivity contribution in [2.75, 3.05) is 0 Å². The Morgan fingerprint density at radius 3 is 1.50 bits per heavy atom. The summed E-state index contributed by atoms with van der Waals surface area (Å²) in [5, 5.41) is -2.67. The molecule has 0 aromatic rings. The van der Waals surface area contributed by atoms with Gasteiger partial charge in [-0.05, 0) is 33.7 Å². The van der Waals surface area contributed by atoms with Crippen molar-refractivity contribution < 1.29 is 0 Å². The first-order valence-corrected chi connectivity index (χ1v) is 8.81. The van der Waals surface area contributed by atoms with Crippen molar-refractivity contribution in [1.29, 1.82) is 0 Å². The van der Waals surface area contributed by atoms with Crippen molar-refractivity contribution in [1.82, 2.24) is 0 Å². The van der Waals surface area contributed by atoms with Crippen LogP contribution in [0.3, 0.4) is 0 Å². The first kappa shape index (κ1) is 10.1. The summed E-state index contributed by atoms with van der Waals surface area (Å²) in [6.45, 7) is -1.47. The molecule has 0 aliphatic rings. The molecule has 0 spiro atoms. The van der Waals surface area contributed by atoms with Crippen molar-refractivity contribution in [3.63, 3.8) is 0 Å². The zero-order valence-corrected chi connectivity index (χ0v) is 8.80. The maximum absolute atomic E-state index is 5.25. The third-order valence-electron chi connectivity index (χ3n) is 0.169. The van der Waals surface area contributed by atoms with Crippen LogP contribution in [0.2, 0.25) is 0 Å². The molecule has 0 aliphatic heterocycles. The molecule has 0 aromatic heterocycles. The Hall–Kier alpha value is 2.11. The molecule has 0 saturated carbocycles. The number of hydrogen-bond donors (Lipinski definition) is 0. The fourth-order valence-corrected chi connectivity index (χ4v) is 6.21. The lowest BCUT2D eigenvalue weighted by atomic mass is 13.9. The van der Waals surface area contributed by atoms with E-state index in [2.05, 4.69) is 4.52 Å². The largest absolute Gasteiger partial charge is 0.229 e. The monoisotopic (exact) mass is 251 g/mol. The van der Waals surface area contributed by atoms with Gasteiger partial charge in [-0.2, -0.15) is 0 Å². The Morgan fingerprint density at radius 1 is 1.12 bits per heavy atom. The highest BCUT2D eigenvalue weighted by Crippen LogP contribution is 2.72. The second-order valence-electron chi connectivity index (χ2n) is 0.723.